The average Bonchev–Trinajstić information content (AvgIpc) is 3.21. The van der Waals surface area contributed by atoms with Crippen LogP contribution in [-0.2, 0) is 9.59 Å². The quantitative estimate of drug-likeness (QED) is 0.843. The Morgan fingerprint density at radius 1 is 0.955 bits per heavy atom. The Hall–Kier alpha value is -2.68. The lowest BCUT2D eigenvalue weighted by Crippen LogP contribution is -1.73. The van der Waals surface area contributed by atoms with Gasteiger partial charge in [0.05, 0.1) is 0 Å². The molecule has 2 aliphatic rings. The van der Waals surface area contributed by atoms with Crippen molar-refractivity contribution >= 4 is 12.6 Å². The van der Waals surface area contributed by atoms with Gasteiger partial charge in [0.15, 0.2) is 0 Å². The van der Waals surface area contributed by atoms with E-state index in [-0.39, 0.29) is 0 Å². The molecular weight excluding hydrogens is 276 g/mol. The Morgan fingerprint density at radius 3 is 1.73 bits per heavy atom. The highest BCUT2D eigenvalue weighted by atomic mass is 16.3. The summed E-state index contributed by atoms with van der Waals surface area (Å²) in [6.07, 6.45) is 14.8. The van der Waals surface area contributed by atoms with Gasteiger partial charge in [0.1, 0.15) is 18.3 Å². The summed E-state index contributed by atoms with van der Waals surface area (Å²) in [6, 6.07) is 7.15. The maximum atomic E-state index is 9.90. The highest BCUT2D eigenvalue weighted by molar-refractivity contribution is 5.75. The van der Waals surface area contributed by atoms with Crippen LogP contribution in [0.4, 0.5) is 0 Å². The molecule has 0 spiro atoms. The van der Waals surface area contributed by atoms with Gasteiger partial charge < -0.3 is 5.11 Å². The molecule has 22 heavy (non-hydrogen) atoms. The first-order valence-electron chi connectivity index (χ1n) is 7.03. The SMILES string of the molecule is Cc1cccc(O)c1.O=CC1=CC=CC1.O=CC1=CC=CC1. The number of benzene rings is 1. The molecule has 1 aromatic rings. The third kappa shape index (κ3) is 7.20. The van der Waals surface area contributed by atoms with Crippen molar-refractivity contribution in [3.05, 3.63) is 77.4 Å². The molecule has 1 aromatic carbocycles. The fourth-order valence-electron chi connectivity index (χ4n) is 1.73. The number of aldehydes is 2. The molecule has 3 rings (SSSR count). The normalized spacial score (nSPS) is 14.0. The van der Waals surface area contributed by atoms with Gasteiger partial charge in [0, 0.05) is 0 Å². The van der Waals surface area contributed by atoms with Gasteiger partial charge in [-0.05, 0) is 48.6 Å². The van der Waals surface area contributed by atoms with Gasteiger partial charge in [0.2, 0.25) is 0 Å². The minimum Gasteiger partial charge on any atom is -0.508 e. The molecule has 2 aliphatic carbocycles. The van der Waals surface area contributed by atoms with E-state index in [4.69, 9.17) is 5.11 Å². The molecular formula is C19H20O3. The number of hydrogen-bond donors (Lipinski definition) is 1. The molecule has 0 radical (unpaired) electrons. The molecule has 1 N–H and O–H groups in total. The standard InChI is InChI=1S/C7H8O.2C6H6O/c1-6-3-2-4-7(8)5-6;2*7-5-6-3-1-2-4-6/h2-5,8H,1H3;2*1-3,5H,4H2. The number of aryl methyl sites for hydroxylation is 1. The van der Waals surface area contributed by atoms with Crippen molar-refractivity contribution in [2.45, 2.75) is 19.8 Å². The molecule has 0 heterocycles. The van der Waals surface area contributed by atoms with Crippen molar-refractivity contribution < 1.29 is 14.7 Å². The van der Waals surface area contributed by atoms with Gasteiger partial charge in [-0.3, -0.25) is 9.59 Å². The second-order valence-electron chi connectivity index (χ2n) is 4.82. The van der Waals surface area contributed by atoms with Gasteiger partial charge in [-0.15, -0.1) is 0 Å². The van der Waals surface area contributed by atoms with E-state index in [0.717, 1.165) is 42.1 Å². The van der Waals surface area contributed by atoms with Crippen LogP contribution >= 0.6 is 0 Å². The molecule has 0 aliphatic heterocycles. The molecule has 0 atom stereocenters. The first-order chi connectivity index (χ1) is 10.7. The van der Waals surface area contributed by atoms with E-state index in [9.17, 15) is 9.59 Å². The molecule has 114 valence electrons. The molecule has 0 unspecified atom stereocenters. The summed E-state index contributed by atoms with van der Waals surface area (Å²) >= 11 is 0. The van der Waals surface area contributed by atoms with Crippen LogP contribution in [0.1, 0.15) is 18.4 Å². The fourth-order valence-corrected chi connectivity index (χ4v) is 1.73. The summed E-state index contributed by atoms with van der Waals surface area (Å²) in [4.78, 5) is 19.8. The molecule has 0 fully saturated rings. The number of rotatable bonds is 2. The highest BCUT2D eigenvalue weighted by Gasteiger charge is 1.93. The van der Waals surface area contributed by atoms with Crippen molar-refractivity contribution in [3.63, 3.8) is 0 Å². The Morgan fingerprint density at radius 2 is 1.50 bits per heavy atom. The zero-order valence-electron chi connectivity index (χ0n) is 12.6. The monoisotopic (exact) mass is 296 g/mol. The summed E-state index contributed by atoms with van der Waals surface area (Å²) in [5.41, 5.74) is 2.84. The van der Waals surface area contributed by atoms with Crippen molar-refractivity contribution in [1.29, 1.82) is 0 Å². The van der Waals surface area contributed by atoms with E-state index < -0.39 is 0 Å². The Bertz CT molecular complexity index is 568. The average molecular weight is 296 g/mol. The fraction of sp³-hybridized carbons (Fsp3) is 0.158. The topological polar surface area (TPSA) is 54.4 Å². The molecule has 0 saturated heterocycles. The maximum Gasteiger partial charge on any atom is 0.146 e. The number of carbonyl (C=O) groups is 2. The Labute approximate surface area is 131 Å². The summed E-state index contributed by atoms with van der Waals surface area (Å²) in [7, 11) is 0. The molecule has 0 bridgehead atoms. The van der Waals surface area contributed by atoms with E-state index in [1.807, 2.05) is 55.5 Å². The van der Waals surface area contributed by atoms with E-state index >= 15 is 0 Å². The van der Waals surface area contributed by atoms with Crippen LogP contribution in [0.15, 0.2) is 71.9 Å². The van der Waals surface area contributed by atoms with Crippen LogP contribution in [-0.4, -0.2) is 17.7 Å². The van der Waals surface area contributed by atoms with Crippen LogP contribution in [0.5, 0.6) is 5.75 Å². The van der Waals surface area contributed by atoms with Crippen LogP contribution in [0.3, 0.4) is 0 Å². The van der Waals surface area contributed by atoms with Crippen molar-refractivity contribution in [1.82, 2.24) is 0 Å². The maximum absolute atomic E-state index is 9.90. The Balaban J connectivity index is 0.000000166. The zero-order valence-corrected chi connectivity index (χ0v) is 12.6. The predicted octanol–water partition coefficient (Wildman–Crippen LogP) is 3.84. The van der Waals surface area contributed by atoms with E-state index in [0.29, 0.717) is 5.75 Å². The lowest BCUT2D eigenvalue weighted by Gasteiger charge is -1.89. The minimum atomic E-state index is 0.338. The first-order valence-corrected chi connectivity index (χ1v) is 7.03. The van der Waals surface area contributed by atoms with Crippen LogP contribution in [0.25, 0.3) is 0 Å². The molecule has 0 amide bonds. The third-order valence-electron chi connectivity index (χ3n) is 2.90. The number of phenolic OH excluding ortho intramolecular Hbond substituents is 1. The van der Waals surface area contributed by atoms with Gasteiger partial charge in [-0.25, -0.2) is 0 Å². The smallest absolute Gasteiger partial charge is 0.146 e. The molecule has 3 heteroatoms. The summed E-state index contributed by atoms with van der Waals surface area (Å²) in [5, 5.41) is 8.81. The number of carbonyl (C=O) groups excluding carboxylic acids is 2. The van der Waals surface area contributed by atoms with Gasteiger partial charge >= 0.3 is 0 Å². The van der Waals surface area contributed by atoms with E-state index in [1.54, 1.807) is 12.1 Å². The molecule has 0 aromatic heterocycles. The number of phenols is 1. The molecule has 3 nitrogen and oxygen atoms in total. The van der Waals surface area contributed by atoms with Crippen molar-refractivity contribution in [2.24, 2.45) is 0 Å². The minimum absolute atomic E-state index is 0.338. The first kappa shape index (κ1) is 17.4. The third-order valence-corrected chi connectivity index (χ3v) is 2.90. The van der Waals surface area contributed by atoms with Crippen LogP contribution in [0.2, 0.25) is 0 Å². The number of hydrogen-bond acceptors (Lipinski definition) is 3. The van der Waals surface area contributed by atoms with Crippen LogP contribution in [0, 0.1) is 6.92 Å². The zero-order chi connectivity index (χ0) is 16.2. The molecule has 0 saturated carbocycles. The van der Waals surface area contributed by atoms with Gasteiger partial charge in [-0.2, -0.15) is 0 Å². The summed E-state index contributed by atoms with van der Waals surface area (Å²) < 4.78 is 0. The summed E-state index contributed by atoms with van der Waals surface area (Å²) in [5.74, 6) is 0.338. The highest BCUT2D eigenvalue weighted by Crippen LogP contribution is 2.08. The van der Waals surface area contributed by atoms with Crippen molar-refractivity contribution in [2.75, 3.05) is 0 Å². The Kier molecular flexibility index (Phi) is 7.98. The van der Waals surface area contributed by atoms with E-state index in [2.05, 4.69) is 0 Å². The largest absolute Gasteiger partial charge is 0.508 e. The number of allylic oxidation sites excluding steroid dienone is 8. The van der Waals surface area contributed by atoms with Crippen molar-refractivity contribution in [3.8, 4) is 5.75 Å². The van der Waals surface area contributed by atoms with Gasteiger partial charge in [-0.1, -0.05) is 48.6 Å². The second-order valence-corrected chi connectivity index (χ2v) is 4.82. The van der Waals surface area contributed by atoms with Gasteiger partial charge in [0.25, 0.3) is 0 Å². The summed E-state index contributed by atoms with van der Waals surface area (Å²) in [6.45, 7) is 1.94. The second kappa shape index (κ2) is 10.1. The predicted molar refractivity (Wildman–Crippen MR) is 88.7 cm³/mol. The lowest BCUT2D eigenvalue weighted by molar-refractivity contribution is -0.105. The lowest BCUT2D eigenvalue weighted by atomic mass is 10.2. The van der Waals surface area contributed by atoms with E-state index in [1.165, 1.54) is 0 Å². The van der Waals surface area contributed by atoms with Crippen LogP contribution < -0.4 is 0 Å². The number of aromatic hydroxyl groups is 1.